The monoisotopic (exact) mass is 299 g/mol. The Labute approximate surface area is 122 Å². The molecular formula is C12H18ClN5O2. The molecule has 0 saturated carbocycles. The Kier molecular flexibility index (Phi) is 4.84. The highest BCUT2D eigenvalue weighted by molar-refractivity contribution is 6.32. The molecule has 7 nitrogen and oxygen atoms in total. The number of carbonyl (C=O) groups is 1. The molecule has 3 N–H and O–H groups in total. The number of piperidine rings is 1. The predicted octanol–water partition coefficient (Wildman–Crippen LogP) is 1.74. The third kappa shape index (κ3) is 3.41. The van der Waals surface area contributed by atoms with Gasteiger partial charge in [0.1, 0.15) is 12.0 Å². The summed E-state index contributed by atoms with van der Waals surface area (Å²) in [4.78, 5) is 21.2. The molecular weight excluding hydrogens is 282 g/mol. The second-order valence-corrected chi connectivity index (χ2v) is 4.89. The molecule has 2 heterocycles. The largest absolute Gasteiger partial charge is 0.450 e. The predicted molar refractivity (Wildman–Crippen MR) is 76.7 cm³/mol. The van der Waals surface area contributed by atoms with Crippen LogP contribution < -0.4 is 11.1 Å². The molecule has 0 spiro atoms. The van der Waals surface area contributed by atoms with Crippen molar-refractivity contribution in [1.29, 1.82) is 0 Å². The van der Waals surface area contributed by atoms with Crippen LogP contribution in [0.15, 0.2) is 6.33 Å². The van der Waals surface area contributed by atoms with Gasteiger partial charge in [0.15, 0.2) is 11.0 Å². The average Bonchev–Trinajstić information content (AvgIpc) is 2.45. The van der Waals surface area contributed by atoms with Gasteiger partial charge in [0.25, 0.3) is 0 Å². The third-order valence-electron chi connectivity index (χ3n) is 3.20. The molecule has 1 saturated heterocycles. The summed E-state index contributed by atoms with van der Waals surface area (Å²) in [7, 11) is 0. The van der Waals surface area contributed by atoms with Crippen LogP contribution in [-0.4, -0.2) is 46.7 Å². The van der Waals surface area contributed by atoms with Gasteiger partial charge in [-0.1, -0.05) is 11.6 Å². The Morgan fingerprint density at radius 1 is 1.55 bits per heavy atom. The standard InChI is InChI=1S/C12H18ClN5O2/c1-2-20-12(19)18-5-3-8(4-6-18)17-11-9(14)10(13)15-7-16-11/h7-8H,2-6,14H2,1H3,(H,15,16,17). The number of nitrogens with one attached hydrogen (secondary N) is 1. The Hall–Kier alpha value is -1.76. The van der Waals surface area contributed by atoms with E-state index in [9.17, 15) is 4.79 Å². The maximum Gasteiger partial charge on any atom is 0.409 e. The molecule has 1 fully saturated rings. The van der Waals surface area contributed by atoms with E-state index in [1.807, 2.05) is 0 Å². The maximum atomic E-state index is 11.6. The van der Waals surface area contributed by atoms with Crippen LogP contribution >= 0.6 is 11.6 Å². The van der Waals surface area contributed by atoms with Gasteiger partial charge in [0.05, 0.1) is 6.61 Å². The molecule has 0 radical (unpaired) electrons. The summed E-state index contributed by atoms with van der Waals surface area (Å²) in [6.07, 6.45) is 2.73. The number of amides is 1. The lowest BCUT2D eigenvalue weighted by Gasteiger charge is -2.32. The first-order valence-electron chi connectivity index (χ1n) is 6.56. The van der Waals surface area contributed by atoms with Crippen LogP contribution in [0.2, 0.25) is 5.15 Å². The van der Waals surface area contributed by atoms with E-state index in [1.54, 1.807) is 11.8 Å². The number of likely N-dealkylation sites (tertiary alicyclic amines) is 1. The first-order chi connectivity index (χ1) is 9.61. The fourth-order valence-electron chi connectivity index (χ4n) is 2.10. The summed E-state index contributed by atoms with van der Waals surface area (Å²) in [6, 6.07) is 0.203. The second-order valence-electron chi connectivity index (χ2n) is 4.53. The zero-order valence-electron chi connectivity index (χ0n) is 11.3. The molecule has 2 rings (SSSR count). The lowest BCUT2D eigenvalue weighted by atomic mass is 10.1. The number of aromatic nitrogens is 2. The molecule has 1 aromatic rings. The van der Waals surface area contributed by atoms with Gasteiger partial charge in [-0.3, -0.25) is 0 Å². The van der Waals surface area contributed by atoms with Gasteiger partial charge < -0.3 is 20.7 Å². The minimum atomic E-state index is -0.254. The molecule has 0 aliphatic carbocycles. The quantitative estimate of drug-likeness (QED) is 0.826. The number of rotatable bonds is 3. The lowest BCUT2D eigenvalue weighted by molar-refractivity contribution is 0.0983. The molecule has 0 bridgehead atoms. The van der Waals surface area contributed by atoms with Gasteiger partial charge in [0.2, 0.25) is 0 Å². The molecule has 20 heavy (non-hydrogen) atoms. The molecule has 0 unspecified atom stereocenters. The van der Waals surface area contributed by atoms with Crippen LogP contribution in [0.3, 0.4) is 0 Å². The van der Waals surface area contributed by atoms with Crippen LogP contribution in [-0.2, 0) is 4.74 Å². The SMILES string of the molecule is CCOC(=O)N1CCC(Nc2ncnc(Cl)c2N)CC1. The fraction of sp³-hybridized carbons (Fsp3) is 0.583. The number of hydrogen-bond donors (Lipinski definition) is 2. The number of nitrogens with zero attached hydrogens (tertiary/aromatic N) is 3. The van der Waals surface area contributed by atoms with Gasteiger partial charge in [0, 0.05) is 19.1 Å². The van der Waals surface area contributed by atoms with E-state index in [1.165, 1.54) is 6.33 Å². The van der Waals surface area contributed by atoms with Crippen LogP contribution in [0.1, 0.15) is 19.8 Å². The summed E-state index contributed by atoms with van der Waals surface area (Å²) in [5, 5.41) is 3.48. The zero-order chi connectivity index (χ0) is 14.5. The number of nitrogens with two attached hydrogens (primary N) is 1. The van der Waals surface area contributed by atoms with Crippen LogP contribution in [0.4, 0.5) is 16.3 Å². The van der Waals surface area contributed by atoms with Crippen molar-refractivity contribution in [3.8, 4) is 0 Å². The number of anilines is 2. The third-order valence-corrected chi connectivity index (χ3v) is 3.50. The molecule has 0 atom stereocenters. The maximum absolute atomic E-state index is 11.6. The summed E-state index contributed by atoms with van der Waals surface area (Å²) in [5.74, 6) is 0.541. The van der Waals surface area contributed by atoms with Crippen molar-refractivity contribution in [2.75, 3.05) is 30.7 Å². The highest BCUT2D eigenvalue weighted by atomic mass is 35.5. The molecule has 8 heteroatoms. The van der Waals surface area contributed by atoms with E-state index in [4.69, 9.17) is 22.1 Å². The molecule has 1 aliphatic heterocycles. The van der Waals surface area contributed by atoms with Crippen molar-refractivity contribution >= 4 is 29.2 Å². The van der Waals surface area contributed by atoms with Gasteiger partial charge in [-0.25, -0.2) is 14.8 Å². The highest BCUT2D eigenvalue weighted by Gasteiger charge is 2.24. The van der Waals surface area contributed by atoms with Crippen molar-refractivity contribution in [2.45, 2.75) is 25.8 Å². The van der Waals surface area contributed by atoms with Gasteiger partial charge in [-0.15, -0.1) is 0 Å². The summed E-state index contributed by atoms with van der Waals surface area (Å²) < 4.78 is 4.98. The summed E-state index contributed by atoms with van der Waals surface area (Å²) >= 11 is 5.85. The smallest absolute Gasteiger partial charge is 0.409 e. The van der Waals surface area contributed by atoms with Gasteiger partial charge >= 0.3 is 6.09 Å². The molecule has 110 valence electrons. The van der Waals surface area contributed by atoms with Crippen molar-refractivity contribution in [3.63, 3.8) is 0 Å². The minimum absolute atomic E-state index is 0.203. The lowest BCUT2D eigenvalue weighted by Crippen LogP contribution is -2.42. The molecule has 1 amide bonds. The van der Waals surface area contributed by atoms with Crippen LogP contribution in [0.25, 0.3) is 0 Å². The molecule has 1 aromatic heterocycles. The first kappa shape index (κ1) is 14.6. The topological polar surface area (TPSA) is 93.4 Å². The van der Waals surface area contributed by atoms with Gasteiger partial charge in [-0.05, 0) is 19.8 Å². The van der Waals surface area contributed by atoms with E-state index in [-0.39, 0.29) is 17.3 Å². The van der Waals surface area contributed by atoms with Crippen molar-refractivity contribution in [3.05, 3.63) is 11.5 Å². The van der Waals surface area contributed by atoms with E-state index >= 15 is 0 Å². The normalized spacial score (nSPS) is 16.0. The average molecular weight is 300 g/mol. The van der Waals surface area contributed by atoms with E-state index < -0.39 is 0 Å². The number of hydrogen-bond acceptors (Lipinski definition) is 6. The Morgan fingerprint density at radius 2 is 2.25 bits per heavy atom. The van der Waals surface area contributed by atoms with Crippen molar-refractivity contribution in [1.82, 2.24) is 14.9 Å². The number of halogens is 1. The molecule has 0 aromatic carbocycles. The van der Waals surface area contributed by atoms with Crippen LogP contribution in [0, 0.1) is 0 Å². The number of nitrogen functional groups attached to an aromatic ring is 1. The Balaban J connectivity index is 1.88. The van der Waals surface area contributed by atoms with Gasteiger partial charge in [-0.2, -0.15) is 0 Å². The Bertz CT molecular complexity index is 477. The highest BCUT2D eigenvalue weighted by Crippen LogP contribution is 2.24. The zero-order valence-corrected chi connectivity index (χ0v) is 12.1. The van der Waals surface area contributed by atoms with Crippen molar-refractivity contribution in [2.24, 2.45) is 0 Å². The summed E-state index contributed by atoms with van der Waals surface area (Å²) in [6.45, 7) is 3.49. The van der Waals surface area contributed by atoms with E-state index in [0.29, 0.717) is 31.2 Å². The molecule has 1 aliphatic rings. The van der Waals surface area contributed by atoms with Crippen molar-refractivity contribution < 1.29 is 9.53 Å². The van der Waals surface area contributed by atoms with E-state index in [2.05, 4.69) is 15.3 Å². The summed E-state index contributed by atoms with van der Waals surface area (Å²) in [5.41, 5.74) is 6.16. The minimum Gasteiger partial charge on any atom is -0.450 e. The number of ether oxygens (including phenoxy) is 1. The number of carbonyl (C=O) groups excluding carboxylic acids is 1. The Morgan fingerprint density at radius 3 is 2.90 bits per heavy atom. The van der Waals surface area contributed by atoms with Crippen LogP contribution in [0.5, 0.6) is 0 Å². The first-order valence-corrected chi connectivity index (χ1v) is 6.93. The fourth-order valence-corrected chi connectivity index (χ4v) is 2.24. The van der Waals surface area contributed by atoms with E-state index in [0.717, 1.165) is 12.8 Å². The second kappa shape index (κ2) is 6.60.